The first-order chi connectivity index (χ1) is 9.72. The van der Waals surface area contributed by atoms with E-state index in [1.54, 1.807) is 12.3 Å². The molecule has 0 saturated carbocycles. The molecule has 100 valence electrons. The van der Waals surface area contributed by atoms with Crippen LogP contribution >= 0.6 is 0 Å². The Morgan fingerprint density at radius 2 is 1.85 bits per heavy atom. The van der Waals surface area contributed by atoms with Crippen molar-refractivity contribution in [2.45, 2.75) is 0 Å². The molecule has 0 atom stereocenters. The molecular weight excluding hydrogens is 252 g/mol. The average molecular weight is 266 g/mol. The zero-order chi connectivity index (χ0) is 14.1. The van der Waals surface area contributed by atoms with Crippen molar-refractivity contribution < 1.29 is 9.53 Å². The topological polar surface area (TPSA) is 68.1 Å². The number of hydrogen-bond donors (Lipinski definition) is 2. The van der Waals surface area contributed by atoms with Crippen molar-refractivity contribution in [3.63, 3.8) is 0 Å². The maximum Gasteiger partial charge on any atom is 0.338 e. The minimum Gasteiger partial charge on any atom is -0.465 e. The second-order valence-electron chi connectivity index (χ2n) is 4.51. The number of carbonyl (C=O) groups is 1. The largest absolute Gasteiger partial charge is 0.465 e. The van der Waals surface area contributed by atoms with Gasteiger partial charge < -0.3 is 15.5 Å². The first-order valence-electron chi connectivity index (χ1n) is 6.25. The Labute approximate surface area is 116 Å². The molecule has 4 nitrogen and oxygen atoms in total. The zero-order valence-corrected chi connectivity index (χ0v) is 11.0. The fraction of sp³-hybridized carbons (Fsp3) is 0.0625. The van der Waals surface area contributed by atoms with Gasteiger partial charge in [-0.3, -0.25) is 0 Å². The molecule has 1 aromatic heterocycles. The van der Waals surface area contributed by atoms with Crippen LogP contribution in [0.1, 0.15) is 10.4 Å². The van der Waals surface area contributed by atoms with Crippen LogP contribution in [-0.4, -0.2) is 18.1 Å². The molecule has 0 aliphatic rings. The van der Waals surface area contributed by atoms with E-state index in [0.717, 1.165) is 22.0 Å². The molecule has 0 radical (unpaired) electrons. The van der Waals surface area contributed by atoms with Crippen LogP contribution in [0.15, 0.2) is 48.7 Å². The van der Waals surface area contributed by atoms with Crippen LogP contribution in [0.4, 0.5) is 5.69 Å². The number of anilines is 1. The zero-order valence-electron chi connectivity index (χ0n) is 11.0. The van der Waals surface area contributed by atoms with E-state index in [9.17, 15) is 4.79 Å². The predicted octanol–water partition coefficient (Wildman–Crippen LogP) is 3.20. The number of ether oxygens (including phenoxy) is 1. The molecule has 0 spiro atoms. The molecule has 0 fully saturated rings. The molecule has 2 aromatic carbocycles. The van der Waals surface area contributed by atoms with Crippen molar-refractivity contribution in [2.24, 2.45) is 0 Å². The Bertz CT molecular complexity index is 790. The molecule has 0 unspecified atom stereocenters. The number of benzene rings is 2. The highest BCUT2D eigenvalue weighted by Gasteiger charge is 2.15. The minimum absolute atomic E-state index is 0.355. The molecule has 3 aromatic rings. The number of methoxy groups -OCH3 is 1. The Kier molecular flexibility index (Phi) is 2.91. The average Bonchev–Trinajstić information content (AvgIpc) is 2.88. The van der Waals surface area contributed by atoms with Gasteiger partial charge in [-0.1, -0.05) is 30.3 Å². The van der Waals surface area contributed by atoms with Crippen molar-refractivity contribution in [3.05, 3.63) is 54.2 Å². The summed E-state index contributed by atoms with van der Waals surface area (Å²) in [6, 6.07) is 13.2. The Morgan fingerprint density at radius 1 is 1.10 bits per heavy atom. The number of aromatic amines is 1. The molecule has 4 heteroatoms. The van der Waals surface area contributed by atoms with Crippen LogP contribution in [0.2, 0.25) is 0 Å². The van der Waals surface area contributed by atoms with Gasteiger partial charge in [0.2, 0.25) is 0 Å². The summed E-state index contributed by atoms with van der Waals surface area (Å²) in [6.07, 6.45) is 1.76. The van der Waals surface area contributed by atoms with Crippen LogP contribution in [0, 0.1) is 0 Å². The first-order valence-corrected chi connectivity index (χ1v) is 6.25. The number of fused-ring (bicyclic) bond motifs is 1. The number of rotatable bonds is 2. The lowest BCUT2D eigenvalue weighted by atomic mass is 9.96. The normalized spacial score (nSPS) is 10.7. The maximum absolute atomic E-state index is 11.9. The minimum atomic E-state index is -0.355. The highest BCUT2D eigenvalue weighted by molar-refractivity contribution is 6.07. The summed E-state index contributed by atoms with van der Waals surface area (Å²) >= 11 is 0. The highest BCUT2D eigenvalue weighted by atomic mass is 16.5. The van der Waals surface area contributed by atoms with Crippen molar-refractivity contribution in [3.8, 4) is 11.1 Å². The van der Waals surface area contributed by atoms with Gasteiger partial charge in [0.25, 0.3) is 0 Å². The van der Waals surface area contributed by atoms with E-state index in [1.165, 1.54) is 7.11 Å². The molecule has 0 amide bonds. The van der Waals surface area contributed by atoms with E-state index >= 15 is 0 Å². The van der Waals surface area contributed by atoms with Crippen LogP contribution in [0.3, 0.4) is 0 Å². The number of nitrogen functional groups attached to an aromatic ring is 1. The number of aromatic nitrogens is 1. The lowest BCUT2D eigenvalue weighted by molar-refractivity contribution is 0.0601. The second kappa shape index (κ2) is 4.74. The van der Waals surface area contributed by atoms with Gasteiger partial charge in [0.05, 0.1) is 18.4 Å². The van der Waals surface area contributed by atoms with Gasteiger partial charge in [-0.15, -0.1) is 0 Å². The third-order valence-electron chi connectivity index (χ3n) is 3.36. The summed E-state index contributed by atoms with van der Waals surface area (Å²) in [5.74, 6) is -0.355. The molecule has 0 saturated heterocycles. The summed E-state index contributed by atoms with van der Waals surface area (Å²) in [6.45, 7) is 0. The van der Waals surface area contributed by atoms with E-state index in [4.69, 9.17) is 10.5 Å². The van der Waals surface area contributed by atoms with Gasteiger partial charge in [-0.05, 0) is 23.3 Å². The quantitative estimate of drug-likeness (QED) is 0.700. The van der Waals surface area contributed by atoms with E-state index in [-0.39, 0.29) is 5.97 Å². The molecule has 3 N–H and O–H groups in total. The van der Waals surface area contributed by atoms with Gasteiger partial charge in [0.1, 0.15) is 0 Å². The van der Waals surface area contributed by atoms with E-state index < -0.39 is 0 Å². The summed E-state index contributed by atoms with van der Waals surface area (Å²) in [5.41, 5.74) is 9.90. The molecular formula is C16H14N2O2. The number of H-pyrrole nitrogens is 1. The summed E-state index contributed by atoms with van der Waals surface area (Å²) in [4.78, 5) is 15.0. The highest BCUT2D eigenvalue weighted by Crippen LogP contribution is 2.34. The van der Waals surface area contributed by atoms with E-state index in [0.29, 0.717) is 11.3 Å². The van der Waals surface area contributed by atoms with Crippen LogP contribution in [-0.2, 0) is 4.74 Å². The summed E-state index contributed by atoms with van der Waals surface area (Å²) in [7, 11) is 1.38. The van der Waals surface area contributed by atoms with Crippen molar-refractivity contribution >= 4 is 22.6 Å². The van der Waals surface area contributed by atoms with Crippen LogP contribution in [0.25, 0.3) is 22.0 Å². The number of nitrogens with two attached hydrogens (primary N) is 1. The van der Waals surface area contributed by atoms with Crippen molar-refractivity contribution in [2.75, 3.05) is 12.8 Å². The molecule has 1 heterocycles. The Hall–Kier alpha value is -2.75. The number of nitrogens with one attached hydrogen (secondary N) is 1. The number of esters is 1. The van der Waals surface area contributed by atoms with Crippen LogP contribution < -0.4 is 5.73 Å². The van der Waals surface area contributed by atoms with E-state index in [2.05, 4.69) is 4.98 Å². The van der Waals surface area contributed by atoms with Gasteiger partial charge >= 0.3 is 5.97 Å². The van der Waals surface area contributed by atoms with E-state index in [1.807, 2.05) is 36.4 Å². The predicted molar refractivity (Wildman–Crippen MR) is 79.5 cm³/mol. The van der Waals surface area contributed by atoms with Gasteiger partial charge in [0, 0.05) is 17.1 Å². The Morgan fingerprint density at radius 3 is 2.65 bits per heavy atom. The van der Waals surface area contributed by atoms with Crippen LogP contribution in [0.5, 0.6) is 0 Å². The number of hydrogen-bond acceptors (Lipinski definition) is 3. The second-order valence-corrected chi connectivity index (χ2v) is 4.51. The lowest BCUT2D eigenvalue weighted by Gasteiger charge is -2.09. The van der Waals surface area contributed by atoms with Crippen molar-refractivity contribution in [1.82, 2.24) is 4.98 Å². The molecule has 20 heavy (non-hydrogen) atoms. The molecule has 3 rings (SSSR count). The molecule has 0 aliphatic carbocycles. The SMILES string of the molecule is COC(=O)c1ccccc1-c1cccc2[nH]cc(N)c12. The standard InChI is InChI=1S/C16H14N2O2/c1-20-16(19)12-6-3-2-5-10(12)11-7-4-8-14-15(11)13(17)9-18-14/h2-9,18H,17H2,1H3. The third kappa shape index (κ3) is 1.82. The van der Waals surface area contributed by atoms with Crippen molar-refractivity contribution in [1.29, 1.82) is 0 Å². The lowest BCUT2D eigenvalue weighted by Crippen LogP contribution is -2.03. The Balaban J connectivity index is 2.32. The fourth-order valence-electron chi connectivity index (χ4n) is 2.44. The third-order valence-corrected chi connectivity index (χ3v) is 3.36. The van der Waals surface area contributed by atoms with Gasteiger partial charge in [-0.25, -0.2) is 4.79 Å². The maximum atomic E-state index is 11.9. The smallest absolute Gasteiger partial charge is 0.338 e. The monoisotopic (exact) mass is 266 g/mol. The number of carbonyl (C=O) groups excluding carboxylic acids is 1. The van der Waals surface area contributed by atoms with Gasteiger partial charge in [0.15, 0.2) is 0 Å². The van der Waals surface area contributed by atoms with Gasteiger partial charge in [-0.2, -0.15) is 0 Å². The summed E-state index contributed by atoms with van der Waals surface area (Å²) < 4.78 is 4.84. The summed E-state index contributed by atoms with van der Waals surface area (Å²) in [5, 5.41) is 0.920. The fourth-order valence-corrected chi connectivity index (χ4v) is 2.44. The molecule has 0 aliphatic heterocycles. The molecule has 0 bridgehead atoms. The first kappa shape index (κ1) is 12.3.